The summed E-state index contributed by atoms with van der Waals surface area (Å²) in [7, 11) is 44.1. The second-order valence-corrected chi connectivity index (χ2v) is 32.9. The standard InChI is InChI=1S/C18H30NO4.C10H20N2O.C10H20NO2.2C9H18N2O.C9H18NO2.C8H16N2O/c1-19(2,3)4-5-22-16(20)12-23-17(21)18-9-13-6-14(10-18)8-15(7-13)11-18;1-9(2)10(13)11-7-6-8-12(3,4)5;1-9(2)10(12)13-8-6-7-11(3,4)5;1-8(2)9(12)10-6-7-11(3,4)5;1-5-9(12)10-7-6-8-11(2,3)4;1-5-9(11)12-8-6-7-10(2,3)4;1-5-8(11)9-6-7-10(2,3)4/h13-15H,4-12H2,1-3H3;2*1,6-8H2,2-5H3;1,6-7H2,2-5H3;2*5H,1,6-8H2,2-4H3;5H,1,6-7H2,2-4H3/q+1;;+1;;;+1;/p+4. The van der Waals surface area contributed by atoms with Crippen LogP contribution in [0.15, 0.2) is 74.4 Å². The molecule has 96 heavy (non-hydrogen) atoms. The zero-order valence-electron chi connectivity index (χ0n) is 65.4. The molecule has 0 unspecified atom stereocenters. The predicted octanol–water partition coefficient (Wildman–Crippen LogP) is 5.55. The van der Waals surface area contributed by atoms with Crippen LogP contribution in [0.4, 0.5) is 0 Å². The summed E-state index contributed by atoms with van der Waals surface area (Å²) in [6.45, 7) is 36.5. The van der Waals surface area contributed by atoms with Gasteiger partial charge in [-0.1, -0.05) is 39.5 Å². The lowest BCUT2D eigenvalue weighted by Crippen LogP contribution is -2.50. The fourth-order valence-electron chi connectivity index (χ4n) is 9.70. The van der Waals surface area contributed by atoms with Crippen molar-refractivity contribution >= 4 is 47.5 Å². The highest BCUT2D eigenvalue weighted by atomic mass is 16.6. The van der Waals surface area contributed by atoms with Crippen molar-refractivity contribution in [2.75, 3.05) is 246 Å². The summed E-state index contributed by atoms with van der Waals surface area (Å²) >= 11 is 0. The molecule has 4 aliphatic rings. The summed E-state index contributed by atoms with van der Waals surface area (Å²) in [5.41, 5.74) is 1.31. The second-order valence-electron chi connectivity index (χ2n) is 32.9. The molecule has 4 fully saturated rings. The minimum absolute atomic E-state index is 0.0404. The third-order valence-corrected chi connectivity index (χ3v) is 14.6. The van der Waals surface area contributed by atoms with Crippen LogP contribution in [0.2, 0.25) is 0 Å². The molecule has 0 saturated heterocycles. The number of carbonyl (C=O) groups is 8. The van der Waals surface area contributed by atoms with Crippen molar-refractivity contribution in [3.63, 3.8) is 0 Å². The smallest absolute Gasteiger partial charge is 0.344 e. The zero-order chi connectivity index (χ0) is 75.5. The monoisotopic (exact) mass is 1370 g/mol. The van der Waals surface area contributed by atoms with Crippen LogP contribution in [0.5, 0.6) is 0 Å². The first kappa shape index (κ1) is 96.3. The molecule has 4 N–H and O–H groups in total. The first-order valence-electron chi connectivity index (χ1n) is 33.9. The van der Waals surface area contributed by atoms with Gasteiger partial charge < -0.3 is 71.6 Å². The van der Waals surface area contributed by atoms with Gasteiger partial charge in [-0.3, -0.25) is 24.0 Å². The van der Waals surface area contributed by atoms with E-state index in [9.17, 15) is 38.4 Å². The van der Waals surface area contributed by atoms with Gasteiger partial charge in [0.25, 0.3) is 0 Å². The molecule has 4 saturated carbocycles. The Bertz CT molecular complexity index is 2290. The molecule has 0 spiro atoms. The number of hydrogen-bond donors (Lipinski definition) is 4. The van der Waals surface area contributed by atoms with Crippen molar-refractivity contribution in [3.05, 3.63) is 74.4 Å². The number of rotatable bonds is 34. The number of nitrogens with one attached hydrogen (secondary N) is 4. The highest BCUT2D eigenvalue weighted by Gasteiger charge is 2.55. The van der Waals surface area contributed by atoms with Gasteiger partial charge in [0, 0.05) is 61.6 Å². The van der Waals surface area contributed by atoms with Crippen LogP contribution in [0.25, 0.3) is 0 Å². The first-order chi connectivity index (χ1) is 43.6. The van der Waals surface area contributed by atoms with E-state index in [1.807, 2.05) is 21.1 Å². The van der Waals surface area contributed by atoms with E-state index in [1.54, 1.807) is 20.8 Å². The van der Waals surface area contributed by atoms with Crippen LogP contribution in [-0.2, 0) is 57.3 Å². The number of nitrogens with zero attached hydrogens (tertiary/aromatic N) is 7. The van der Waals surface area contributed by atoms with Crippen molar-refractivity contribution in [2.24, 2.45) is 23.2 Å². The Labute approximate surface area is 584 Å². The predicted molar refractivity (Wildman–Crippen MR) is 390 cm³/mol. The van der Waals surface area contributed by atoms with Crippen LogP contribution in [0, 0.1) is 23.2 Å². The highest BCUT2D eigenvalue weighted by molar-refractivity contribution is 5.92. The van der Waals surface area contributed by atoms with E-state index in [4.69, 9.17) is 18.9 Å². The van der Waals surface area contributed by atoms with E-state index in [-0.39, 0.29) is 53.6 Å². The van der Waals surface area contributed by atoms with E-state index >= 15 is 0 Å². The maximum atomic E-state index is 12.6. The number of quaternary nitrogens is 7. The molecule has 4 aliphatic carbocycles. The summed E-state index contributed by atoms with van der Waals surface area (Å²) < 4.78 is 26.4. The van der Waals surface area contributed by atoms with Gasteiger partial charge in [0.2, 0.25) is 23.6 Å². The fourth-order valence-corrected chi connectivity index (χ4v) is 9.70. The Morgan fingerprint density at radius 3 is 1.04 bits per heavy atom. The van der Waals surface area contributed by atoms with E-state index in [0.29, 0.717) is 67.4 Å². The van der Waals surface area contributed by atoms with Gasteiger partial charge >= 0.3 is 23.9 Å². The molecule has 0 aromatic heterocycles. The van der Waals surface area contributed by atoms with Crippen LogP contribution >= 0.6 is 0 Å². The Morgan fingerprint density at radius 2 is 0.708 bits per heavy atom. The summed E-state index contributed by atoms with van der Waals surface area (Å²) in [4.78, 5) is 89.3. The van der Waals surface area contributed by atoms with Crippen LogP contribution in [0.1, 0.15) is 85.0 Å². The molecule has 0 heterocycles. The molecule has 23 nitrogen and oxygen atoms in total. The molecule has 4 amide bonds. The number of amides is 4. The number of hydrogen-bond acceptors (Lipinski definition) is 12. The molecule has 4 rings (SSSR count). The zero-order valence-corrected chi connectivity index (χ0v) is 65.4. The van der Waals surface area contributed by atoms with E-state index in [0.717, 1.165) is 135 Å². The molecular weight excluding hydrogens is 1220 g/mol. The van der Waals surface area contributed by atoms with Gasteiger partial charge in [-0.15, -0.1) is 0 Å². The van der Waals surface area contributed by atoms with Gasteiger partial charge in [0.15, 0.2) is 6.61 Å². The van der Waals surface area contributed by atoms with Crippen molar-refractivity contribution < 1.29 is 88.7 Å². The van der Waals surface area contributed by atoms with Gasteiger partial charge in [-0.25, -0.2) is 14.4 Å². The van der Waals surface area contributed by atoms with Crippen molar-refractivity contribution in [3.8, 4) is 0 Å². The average molecular weight is 1370 g/mol. The Balaban J connectivity index is -0.000000525. The van der Waals surface area contributed by atoms with Crippen LogP contribution < -0.4 is 21.3 Å². The minimum Gasteiger partial charge on any atom is -0.462 e. The van der Waals surface area contributed by atoms with Gasteiger partial charge in [-0.05, 0) is 89.2 Å². The normalized spacial score (nSPS) is 16.8. The topological polar surface area (TPSA) is 222 Å². The van der Waals surface area contributed by atoms with Crippen molar-refractivity contribution in [1.29, 1.82) is 0 Å². The van der Waals surface area contributed by atoms with E-state index < -0.39 is 5.97 Å². The third kappa shape index (κ3) is 62.7. The van der Waals surface area contributed by atoms with Crippen LogP contribution in [-0.4, -0.2) is 325 Å². The summed E-state index contributed by atoms with van der Waals surface area (Å²) in [5.74, 6) is 0.607. The molecule has 0 aromatic carbocycles. The molecule has 556 valence electrons. The number of ether oxygens (including phenoxy) is 4. The van der Waals surface area contributed by atoms with Gasteiger partial charge in [0.05, 0.1) is 219 Å². The summed E-state index contributed by atoms with van der Waals surface area (Å²) in [5, 5.41) is 11.0. The van der Waals surface area contributed by atoms with E-state index in [2.05, 4.69) is 188 Å². The quantitative estimate of drug-likeness (QED) is 0.0205. The Kier molecular flexibility index (Phi) is 47.9. The summed E-state index contributed by atoms with van der Waals surface area (Å²) in [6, 6.07) is 0. The Morgan fingerprint density at radius 1 is 0.385 bits per heavy atom. The lowest BCUT2D eigenvalue weighted by Gasteiger charge is -2.55. The molecule has 0 radical (unpaired) electrons. The second kappa shape index (κ2) is 47.8. The van der Waals surface area contributed by atoms with Gasteiger partial charge in [0.1, 0.15) is 13.2 Å². The minimum atomic E-state index is -0.434. The lowest BCUT2D eigenvalue weighted by atomic mass is 9.49. The highest BCUT2D eigenvalue weighted by Crippen LogP contribution is 2.60. The van der Waals surface area contributed by atoms with Gasteiger partial charge in [-0.2, -0.15) is 0 Å². The number of likely N-dealkylation sites (N-methyl/N-ethyl adjacent to an activating group) is 3. The fraction of sp³-hybridized carbons (Fsp3) is 0.726. The van der Waals surface area contributed by atoms with Crippen LogP contribution in [0.3, 0.4) is 0 Å². The van der Waals surface area contributed by atoms with E-state index in [1.165, 1.54) is 37.5 Å². The lowest BCUT2D eigenvalue weighted by molar-refractivity contribution is -0.870. The molecule has 0 atom stereocenters. The number of carbonyl (C=O) groups excluding carboxylic acids is 8. The third-order valence-electron chi connectivity index (χ3n) is 14.6. The first-order valence-corrected chi connectivity index (χ1v) is 33.9. The molecule has 0 aliphatic heterocycles. The van der Waals surface area contributed by atoms with Crippen molar-refractivity contribution in [1.82, 2.24) is 21.3 Å². The maximum absolute atomic E-state index is 12.6. The van der Waals surface area contributed by atoms with Crippen molar-refractivity contribution in [2.45, 2.75) is 85.0 Å². The summed E-state index contributed by atoms with van der Waals surface area (Å²) in [6.07, 6.45) is 14.3. The largest absolute Gasteiger partial charge is 0.462 e. The molecular formula is C73H144N11O12+7. The number of esters is 4. The molecule has 23 heteroatoms. The molecule has 4 bridgehead atoms. The molecule has 0 aromatic rings. The average Bonchev–Trinajstić information content (AvgIpc) is 0.746. The Hall–Kier alpha value is -6.08. The SMILES string of the molecule is C=C(C)C(=O)NCCC[N+](C)(C)C.C=C(C)C(=O)NCC[N+](C)(C)C.C=C(C)C(=O)OCCC[N+](C)(C)C.C=CC(=O)NCCC[N+](C)(C)C.C=CC(=O)NCC[N+](C)(C)C.C=CC(=O)OCCC[N+](C)(C)C.C[N+](C)(C)CCOC(=O)COC(=O)C12CC3CC(CC(C3)C1)C2. The maximum Gasteiger partial charge on any atom is 0.344 e.